The molecular formula is C15H20N2O5. The van der Waals surface area contributed by atoms with E-state index >= 15 is 0 Å². The minimum Gasteiger partial charge on any atom is -0.481 e. The lowest BCUT2D eigenvalue weighted by atomic mass is 10.2. The molecule has 1 heterocycles. The third-order valence-corrected chi connectivity index (χ3v) is 3.44. The van der Waals surface area contributed by atoms with E-state index in [9.17, 15) is 14.9 Å². The van der Waals surface area contributed by atoms with Crippen LogP contribution in [0.4, 0.5) is 5.69 Å². The molecule has 0 radical (unpaired) electrons. The molecule has 7 heteroatoms. The van der Waals surface area contributed by atoms with Crippen molar-refractivity contribution in [3.05, 3.63) is 34.4 Å². The first-order chi connectivity index (χ1) is 10.4. The largest absolute Gasteiger partial charge is 0.481 e. The maximum absolute atomic E-state index is 12.4. The highest BCUT2D eigenvalue weighted by atomic mass is 16.6. The number of amides is 1. The monoisotopic (exact) mass is 308 g/mol. The zero-order valence-electron chi connectivity index (χ0n) is 12.9. The number of non-ortho nitro benzene ring substituents is 1. The van der Waals surface area contributed by atoms with Crippen molar-refractivity contribution in [2.45, 2.75) is 39.1 Å². The van der Waals surface area contributed by atoms with Crippen molar-refractivity contribution in [2.24, 2.45) is 0 Å². The summed E-state index contributed by atoms with van der Waals surface area (Å²) in [5, 5.41) is 10.6. The Morgan fingerprint density at radius 2 is 1.86 bits per heavy atom. The van der Waals surface area contributed by atoms with Crippen molar-refractivity contribution in [1.29, 1.82) is 0 Å². The first-order valence-corrected chi connectivity index (χ1v) is 7.22. The lowest BCUT2D eigenvalue weighted by Gasteiger charge is -2.36. The number of hydrogen-bond acceptors (Lipinski definition) is 5. The van der Waals surface area contributed by atoms with Gasteiger partial charge >= 0.3 is 0 Å². The molecule has 0 aliphatic carbocycles. The van der Waals surface area contributed by atoms with E-state index in [1.54, 1.807) is 11.8 Å². The number of ether oxygens (including phenoxy) is 2. The Balaban J connectivity index is 1.97. The fourth-order valence-corrected chi connectivity index (χ4v) is 2.52. The molecule has 1 amide bonds. The van der Waals surface area contributed by atoms with Crippen molar-refractivity contribution in [3.63, 3.8) is 0 Å². The van der Waals surface area contributed by atoms with Gasteiger partial charge in [0.2, 0.25) is 0 Å². The lowest BCUT2D eigenvalue weighted by Crippen LogP contribution is -2.51. The Morgan fingerprint density at radius 3 is 2.36 bits per heavy atom. The molecule has 0 spiro atoms. The summed E-state index contributed by atoms with van der Waals surface area (Å²) in [6.45, 7) is 6.61. The molecule has 0 unspecified atom stereocenters. The van der Waals surface area contributed by atoms with Gasteiger partial charge in [0.25, 0.3) is 11.6 Å². The zero-order chi connectivity index (χ0) is 16.3. The summed E-state index contributed by atoms with van der Waals surface area (Å²) < 4.78 is 11.2. The van der Waals surface area contributed by atoms with Crippen LogP contribution in [-0.2, 0) is 9.53 Å². The number of nitro groups is 1. The molecule has 7 nitrogen and oxygen atoms in total. The average Bonchev–Trinajstić information content (AvgIpc) is 2.46. The van der Waals surface area contributed by atoms with E-state index in [1.807, 2.05) is 13.8 Å². The molecule has 1 aromatic carbocycles. The van der Waals surface area contributed by atoms with Crippen molar-refractivity contribution < 1.29 is 19.2 Å². The first-order valence-electron chi connectivity index (χ1n) is 7.22. The van der Waals surface area contributed by atoms with Crippen LogP contribution >= 0.6 is 0 Å². The van der Waals surface area contributed by atoms with Gasteiger partial charge in [0.15, 0.2) is 6.10 Å². The van der Waals surface area contributed by atoms with Crippen LogP contribution in [0.25, 0.3) is 0 Å². The normalized spacial score (nSPS) is 23.0. The number of nitrogens with zero attached hydrogens (tertiary/aromatic N) is 2. The molecule has 0 bridgehead atoms. The van der Waals surface area contributed by atoms with Crippen LogP contribution in [0, 0.1) is 10.1 Å². The standard InChI is InChI=1S/C15H20N2O5/c1-10-8-16(9-11(2)21-10)15(18)12(3)22-14-6-4-13(5-7-14)17(19)20/h4-7,10-12H,8-9H2,1-3H3/t10-,11+,12-/m1/s1. The summed E-state index contributed by atoms with van der Waals surface area (Å²) in [6.07, 6.45) is -0.655. The van der Waals surface area contributed by atoms with Gasteiger partial charge in [-0.1, -0.05) is 0 Å². The molecule has 0 saturated carbocycles. The van der Waals surface area contributed by atoms with Crippen LogP contribution in [0.15, 0.2) is 24.3 Å². The van der Waals surface area contributed by atoms with Crippen molar-refractivity contribution in [1.82, 2.24) is 4.90 Å². The highest BCUT2D eigenvalue weighted by molar-refractivity contribution is 5.81. The van der Waals surface area contributed by atoms with Crippen LogP contribution in [0.3, 0.4) is 0 Å². The van der Waals surface area contributed by atoms with Gasteiger partial charge in [-0.15, -0.1) is 0 Å². The number of morpholine rings is 1. The Bertz CT molecular complexity index is 535. The van der Waals surface area contributed by atoms with Gasteiger partial charge in [-0.25, -0.2) is 0 Å². The van der Waals surface area contributed by atoms with E-state index in [0.29, 0.717) is 18.8 Å². The first kappa shape index (κ1) is 16.2. The summed E-state index contributed by atoms with van der Waals surface area (Å²) in [4.78, 5) is 24.3. The fourth-order valence-electron chi connectivity index (χ4n) is 2.52. The maximum atomic E-state index is 12.4. The molecule has 3 atom stereocenters. The van der Waals surface area contributed by atoms with E-state index < -0.39 is 11.0 Å². The topological polar surface area (TPSA) is 81.9 Å². The third-order valence-electron chi connectivity index (χ3n) is 3.44. The van der Waals surface area contributed by atoms with Crippen molar-refractivity contribution in [2.75, 3.05) is 13.1 Å². The molecular weight excluding hydrogens is 288 g/mol. The summed E-state index contributed by atoms with van der Waals surface area (Å²) in [5.74, 6) is 0.321. The fraction of sp³-hybridized carbons (Fsp3) is 0.533. The quantitative estimate of drug-likeness (QED) is 0.627. The van der Waals surface area contributed by atoms with E-state index in [1.165, 1.54) is 24.3 Å². The van der Waals surface area contributed by atoms with Crippen molar-refractivity contribution in [3.8, 4) is 5.75 Å². The zero-order valence-corrected chi connectivity index (χ0v) is 12.9. The van der Waals surface area contributed by atoms with E-state index in [4.69, 9.17) is 9.47 Å². The van der Waals surface area contributed by atoms with Gasteiger partial charge in [0.05, 0.1) is 17.1 Å². The number of nitro benzene ring substituents is 1. The van der Waals surface area contributed by atoms with Gasteiger partial charge in [0, 0.05) is 25.2 Å². The molecule has 1 fully saturated rings. The predicted molar refractivity (Wildman–Crippen MR) is 79.8 cm³/mol. The number of carbonyl (C=O) groups is 1. The Hall–Kier alpha value is -2.15. The van der Waals surface area contributed by atoms with E-state index in [2.05, 4.69) is 0 Å². The summed E-state index contributed by atoms with van der Waals surface area (Å²) in [5.41, 5.74) is -0.0119. The van der Waals surface area contributed by atoms with E-state index in [0.717, 1.165) is 0 Å². The van der Waals surface area contributed by atoms with E-state index in [-0.39, 0.29) is 23.8 Å². The number of carbonyl (C=O) groups excluding carboxylic acids is 1. The van der Waals surface area contributed by atoms with Crippen molar-refractivity contribution >= 4 is 11.6 Å². The maximum Gasteiger partial charge on any atom is 0.269 e. The molecule has 1 aromatic rings. The Labute approximate surface area is 129 Å². The highest BCUT2D eigenvalue weighted by Gasteiger charge is 2.29. The molecule has 1 aliphatic heterocycles. The molecule has 2 rings (SSSR count). The Kier molecular flexibility index (Phi) is 4.97. The van der Waals surface area contributed by atoms with Crippen LogP contribution in [0.2, 0.25) is 0 Å². The molecule has 0 aromatic heterocycles. The smallest absolute Gasteiger partial charge is 0.269 e. The van der Waals surface area contributed by atoms with Crippen LogP contribution < -0.4 is 4.74 Å². The number of rotatable bonds is 4. The minimum absolute atomic E-state index is 0.000671. The van der Waals surface area contributed by atoms with Crippen LogP contribution in [-0.4, -0.2) is 47.1 Å². The second kappa shape index (κ2) is 6.74. The SMILES string of the molecule is C[C@@H]1CN(C(=O)[C@@H](C)Oc2ccc([N+](=O)[O-])cc2)C[C@H](C)O1. The summed E-state index contributed by atoms with van der Waals surface area (Å²) >= 11 is 0. The molecule has 1 aliphatic rings. The van der Waals surface area contributed by atoms with Gasteiger partial charge in [-0.05, 0) is 32.9 Å². The van der Waals surface area contributed by atoms with Crippen LogP contribution in [0.5, 0.6) is 5.75 Å². The van der Waals surface area contributed by atoms with Gasteiger partial charge in [-0.2, -0.15) is 0 Å². The number of benzene rings is 1. The predicted octanol–water partition coefficient (Wildman–Crippen LogP) is 2.00. The molecule has 120 valence electrons. The summed E-state index contributed by atoms with van der Waals surface area (Å²) in [7, 11) is 0. The minimum atomic E-state index is -0.654. The Morgan fingerprint density at radius 1 is 1.32 bits per heavy atom. The molecule has 22 heavy (non-hydrogen) atoms. The molecule has 0 N–H and O–H groups in total. The summed E-state index contributed by atoms with van der Waals surface area (Å²) in [6, 6.07) is 5.69. The van der Waals surface area contributed by atoms with Gasteiger partial charge in [-0.3, -0.25) is 14.9 Å². The number of hydrogen-bond donors (Lipinski definition) is 0. The molecule has 1 saturated heterocycles. The second-order valence-electron chi connectivity index (χ2n) is 5.51. The lowest BCUT2D eigenvalue weighted by molar-refractivity contribution is -0.384. The third kappa shape index (κ3) is 3.94. The van der Waals surface area contributed by atoms with Crippen LogP contribution in [0.1, 0.15) is 20.8 Å². The van der Waals surface area contributed by atoms with Gasteiger partial charge in [0.1, 0.15) is 5.75 Å². The van der Waals surface area contributed by atoms with Gasteiger partial charge < -0.3 is 14.4 Å². The highest BCUT2D eigenvalue weighted by Crippen LogP contribution is 2.19. The average molecular weight is 308 g/mol. The second-order valence-corrected chi connectivity index (χ2v) is 5.51.